The van der Waals surface area contributed by atoms with Gasteiger partial charge in [-0.1, -0.05) is 54.6 Å². The molecule has 8 nitrogen and oxygen atoms in total. The van der Waals surface area contributed by atoms with Gasteiger partial charge in [-0.3, -0.25) is 9.59 Å². The van der Waals surface area contributed by atoms with Crippen molar-refractivity contribution in [1.29, 1.82) is 0 Å². The average molecular weight is 437 g/mol. The van der Waals surface area contributed by atoms with Crippen LogP contribution in [-0.4, -0.2) is 53.7 Å². The maximum absolute atomic E-state index is 12.6. The molecule has 0 saturated carbocycles. The van der Waals surface area contributed by atoms with E-state index in [-0.39, 0.29) is 36.8 Å². The van der Waals surface area contributed by atoms with Crippen molar-refractivity contribution in [3.8, 4) is 11.1 Å². The molecule has 0 unspecified atom stereocenters. The van der Waals surface area contributed by atoms with Crippen LogP contribution in [0.1, 0.15) is 29.4 Å². The molecule has 0 bridgehead atoms. The molecule has 2 N–H and O–H groups in total. The Kier molecular flexibility index (Phi) is 8.51. The van der Waals surface area contributed by atoms with Crippen LogP contribution in [0, 0.1) is 5.92 Å². The number of hydrogen-bond acceptors (Lipinski definition) is 6. The number of carbonyl (C=O) groups is 2. The fourth-order valence-electron chi connectivity index (χ4n) is 3.55. The lowest BCUT2D eigenvalue weighted by Crippen LogP contribution is -2.40. The first-order chi connectivity index (χ1) is 15.6. The number of amides is 1. The lowest BCUT2D eigenvalue weighted by atomic mass is 9.94. The van der Waals surface area contributed by atoms with Crippen LogP contribution in [0.5, 0.6) is 0 Å². The zero-order valence-electron chi connectivity index (χ0n) is 18.3. The fourth-order valence-corrected chi connectivity index (χ4v) is 3.55. The van der Waals surface area contributed by atoms with E-state index in [1.165, 1.54) is 13.3 Å². The van der Waals surface area contributed by atoms with Crippen LogP contribution in [0.15, 0.2) is 60.8 Å². The minimum Gasteiger partial charge on any atom is -0.466 e. The number of H-pyrrole nitrogens is 1. The molecular weight excluding hydrogens is 408 g/mol. The van der Waals surface area contributed by atoms with E-state index in [1.54, 1.807) is 6.92 Å². The van der Waals surface area contributed by atoms with Crippen LogP contribution >= 0.6 is 0 Å². The van der Waals surface area contributed by atoms with Crippen LogP contribution in [0.25, 0.3) is 11.1 Å². The quantitative estimate of drug-likeness (QED) is 0.448. The normalized spacial score (nSPS) is 12.7. The molecule has 3 rings (SSSR count). The lowest BCUT2D eigenvalue weighted by molar-refractivity contribution is -0.150. The Morgan fingerprint density at radius 3 is 2.41 bits per heavy atom. The van der Waals surface area contributed by atoms with Gasteiger partial charge in [0.05, 0.1) is 25.3 Å². The summed E-state index contributed by atoms with van der Waals surface area (Å²) in [5.41, 5.74) is 3.47. The van der Waals surface area contributed by atoms with Gasteiger partial charge in [-0.25, -0.2) is 0 Å². The molecule has 168 valence electrons. The van der Waals surface area contributed by atoms with E-state index in [9.17, 15) is 9.59 Å². The second-order valence-corrected chi connectivity index (χ2v) is 7.43. The number of ether oxygens (including phenoxy) is 2. The summed E-state index contributed by atoms with van der Waals surface area (Å²) in [4.78, 5) is 25.0. The van der Waals surface area contributed by atoms with Crippen molar-refractivity contribution in [2.75, 3.05) is 20.3 Å². The van der Waals surface area contributed by atoms with Gasteiger partial charge in [-0.15, -0.1) is 0 Å². The molecule has 0 spiro atoms. The van der Waals surface area contributed by atoms with E-state index in [4.69, 9.17) is 9.47 Å². The van der Waals surface area contributed by atoms with Crippen LogP contribution in [0.2, 0.25) is 0 Å². The predicted octanol–water partition coefficient (Wildman–Crippen LogP) is 3.03. The summed E-state index contributed by atoms with van der Waals surface area (Å²) < 4.78 is 10.4. The van der Waals surface area contributed by atoms with Gasteiger partial charge in [0, 0.05) is 13.2 Å². The highest BCUT2D eigenvalue weighted by Crippen LogP contribution is 2.21. The minimum atomic E-state index is -0.494. The van der Waals surface area contributed by atoms with Crippen molar-refractivity contribution in [1.82, 2.24) is 20.7 Å². The first-order valence-corrected chi connectivity index (χ1v) is 10.6. The third kappa shape index (κ3) is 6.49. The first kappa shape index (κ1) is 23.1. The highest BCUT2D eigenvalue weighted by Gasteiger charge is 2.26. The molecule has 2 aromatic carbocycles. The summed E-state index contributed by atoms with van der Waals surface area (Å²) in [5.74, 6) is -1.19. The van der Waals surface area contributed by atoms with Gasteiger partial charge in [-0.05, 0) is 36.5 Å². The molecule has 2 atom stereocenters. The summed E-state index contributed by atoms with van der Waals surface area (Å²) >= 11 is 0. The summed E-state index contributed by atoms with van der Waals surface area (Å²) in [5, 5.41) is 12.9. The van der Waals surface area contributed by atoms with E-state index in [0.717, 1.165) is 16.7 Å². The Hall–Kier alpha value is -3.52. The molecule has 0 aliphatic heterocycles. The molecule has 0 radical (unpaired) electrons. The zero-order chi connectivity index (χ0) is 22.8. The number of rotatable bonds is 11. The standard InChI is InChI=1S/C24H28N4O4/c1-3-32-24(30)20(16-31-2)14-21(26-23(29)22-15-25-28-27-22)13-17-9-11-19(12-10-17)18-7-5-4-6-8-18/h4-12,15,20-21H,3,13-14,16H2,1-2H3,(H,26,29)(H,25,27,28)/t20-,21+/m0/s1. The van der Waals surface area contributed by atoms with Crippen molar-refractivity contribution in [3.63, 3.8) is 0 Å². The molecule has 1 amide bonds. The molecule has 0 aliphatic rings. The molecule has 3 aromatic rings. The van der Waals surface area contributed by atoms with Gasteiger partial charge in [0.25, 0.3) is 5.91 Å². The van der Waals surface area contributed by atoms with Crippen molar-refractivity contribution in [2.24, 2.45) is 5.92 Å². The minimum absolute atomic E-state index is 0.189. The third-order valence-electron chi connectivity index (χ3n) is 5.08. The number of methoxy groups -OCH3 is 1. The first-order valence-electron chi connectivity index (χ1n) is 10.6. The Labute approximate surface area is 187 Å². The summed E-state index contributed by atoms with van der Waals surface area (Å²) in [6.07, 6.45) is 2.27. The topological polar surface area (TPSA) is 106 Å². The smallest absolute Gasteiger partial charge is 0.311 e. The number of nitrogens with one attached hydrogen (secondary N) is 2. The average Bonchev–Trinajstić information content (AvgIpc) is 3.35. The van der Waals surface area contributed by atoms with E-state index in [2.05, 4.69) is 45.0 Å². The molecule has 8 heteroatoms. The van der Waals surface area contributed by atoms with Gasteiger partial charge < -0.3 is 14.8 Å². The fraction of sp³-hybridized carbons (Fsp3) is 0.333. The highest BCUT2D eigenvalue weighted by molar-refractivity contribution is 5.92. The van der Waals surface area contributed by atoms with Crippen molar-refractivity contribution in [2.45, 2.75) is 25.8 Å². The van der Waals surface area contributed by atoms with Crippen LogP contribution < -0.4 is 5.32 Å². The molecule has 32 heavy (non-hydrogen) atoms. The molecule has 0 aliphatic carbocycles. The number of carbonyl (C=O) groups excluding carboxylic acids is 2. The Bertz CT molecular complexity index is 975. The van der Waals surface area contributed by atoms with Crippen molar-refractivity contribution >= 4 is 11.9 Å². The van der Waals surface area contributed by atoms with Crippen molar-refractivity contribution in [3.05, 3.63) is 72.1 Å². The van der Waals surface area contributed by atoms with E-state index < -0.39 is 5.92 Å². The number of esters is 1. The third-order valence-corrected chi connectivity index (χ3v) is 5.08. The SMILES string of the molecule is CCOC(=O)[C@H](COC)C[C@@H](Cc1ccc(-c2ccccc2)cc1)NC(=O)c1cn[nH]n1. The van der Waals surface area contributed by atoms with Gasteiger partial charge in [0.15, 0.2) is 5.69 Å². The maximum atomic E-state index is 12.6. The number of hydrogen-bond donors (Lipinski definition) is 2. The van der Waals surface area contributed by atoms with Crippen LogP contribution in [0.4, 0.5) is 0 Å². The highest BCUT2D eigenvalue weighted by atomic mass is 16.5. The number of nitrogens with zero attached hydrogens (tertiary/aromatic N) is 2. The number of aromatic amines is 1. The van der Waals surface area contributed by atoms with E-state index in [1.807, 2.05) is 30.3 Å². The van der Waals surface area contributed by atoms with Crippen LogP contribution in [-0.2, 0) is 20.7 Å². The summed E-state index contributed by atoms with van der Waals surface area (Å²) in [6.45, 7) is 2.26. The Morgan fingerprint density at radius 1 is 1.06 bits per heavy atom. The molecule has 0 fully saturated rings. The van der Waals surface area contributed by atoms with Gasteiger partial charge >= 0.3 is 5.97 Å². The maximum Gasteiger partial charge on any atom is 0.311 e. The van der Waals surface area contributed by atoms with Gasteiger partial charge in [0.2, 0.25) is 0 Å². The lowest BCUT2D eigenvalue weighted by Gasteiger charge is -2.23. The number of benzene rings is 2. The van der Waals surface area contributed by atoms with Crippen molar-refractivity contribution < 1.29 is 19.1 Å². The molecular formula is C24H28N4O4. The van der Waals surface area contributed by atoms with E-state index >= 15 is 0 Å². The Balaban J connectivity index is 1.76. The molecule has 1 aromatic heterocycles. The monoisotopic (exact) mass is 436 g/mol. The van der Waals surface area contributed by atoms with E-state index in [0.29, 0.717) is 12.8 Å². The summed E-state index contributed by atoms with van der Waals surface area (Å²) in [7, 11) is 1.54. The summed E-state index contributed by atoms with van der Waals surface area (Å²) in [6, 6.07) is 18.0. The largest absolute Gasteiger partial charge is 0.466 e. The van der Waals surface area contributed by atoms with Gasteiger partial charge in [-0.2, -0.15) is 15.4 Å². The Morgan fingerprint density at radius 2 is 1.78 bits per heavy atom. The second-order valence-electron chi connectivity index (χ2n) is 7.43. The van der Waals surface area contributed by atoms with Gasteiger partial charge in [0.1, 0.15) is 0 Å². The predicted molar refractivity (Wildman–Crippen MR) is 120 cm³/mol. The zero-order valence-corrected chi connectivity index (χ0v) is 18.3. The molecule has 1 heterocycles. The van der Waals surface area contributed by atoms with Crippen LogP contribution in [0.3, 0.4) is 0 Å². The number of aromatic nitrogens is 3. The molecule has 0 saturated heterocycles. The second kappa shape index (κ2) is 11.8.